The number of nitrogens with one attached hydrogen (secondary N) is 1. The number of benzene rings is 1. The zero-order valence-electron chi connectivity index (χ0n) is 22.0. The van der Waals surface area contributed by atoms with Gasteiger partial charge in [-0.15, -0.1) is 0 Å². The molecule has 1 amide bonds. The summed E-state index contributed by atoms with van der Waals surface area (Å²) in [6.07, 6.45) is -4.61. The van der Waals surface area contributed by atoms with E-state index in [0.29, 0.717) is 34.9 Å². The fourth-order valence-corrected chi connectivity index (χ4v) is 5.12. The Kier molecular flexibility index (Phi) is 7.71. The monoisotopic (exact) mass is 520 g/mol. The number of morpholine rings is 1. The molecular formula is C27H35F3N4O3. The minimum absolute atomic E-state index is 0.0596. The van der Waals surface area contributed by atoms with Crippen LogP contribution in [0.4, 0.5) is 13.2 Å². The number of alkyl halides is 3. The van der Waals surface area contributed by atoms with Crippen LogP contribution in [0.25, 0.3) is 5.57 Å². The molecule has 1 aromatic carbocycles. The van der Waals surface area contributed by atoms with E-state index in [-0.39, 0.29) is 23.9 Å². The lowest BCUT2D eigenvalue weighted by Crippen LogP contribution is -2.39. The highest BCUT2D eigenvalue weighted by atomic mass is 19.4. The third kappa shape index (κ3) is 5.70. The van der Waals surface area contributed by atoms with Crippen molar-refractivity contribution in [3.05, 3.63) is 52.5 Å². The molecule has 37 heavy (non-hydrogen) atoms. The minimum atomic E-state index is -4.61. The second-order valence-corrected chi connectivity index (χ2v) is 10.6. The molecule has 1 N–H and O–H groups in total. The van der Waals surface area contributed by atoms with Crippen molar-refractivity contribution in [2.45, 2.75) is 46.2 Å². The number of carbonyl (C=O) groups is 1. The minimum Gasteiger partial charge on any atom is -0.492 e. The Morgan fingerprint density at radius 3 is 2.43 bits per heavy atom. The van der Waals surface area contributed by atoms with Crippen LogP contribution in [0.2, 0.25) is 0 Å². The highest BCUT2D eigenvalue weighted by Gasteiger charge is 2.45. The van der Waals surface area contributed by atoms with Crippen molar-refractivity contribution < 1.29 is 27.4 Å². The molecule has 2 aliphatic heterocycles. The number of ether oxygens (including phenoxy) is 2. The second-order valence-electron chi connectivity index (χ2n) is 10.6. The Labute approximate surface area is 215 Å². The third-order valence-electron chi connectivity index (χ3n) is 7.03. The molecule has 10 heteroatoms. The van der Waals surface area contributed by atoms with E-state index < -0.39 is 17.3 Å². The molecule has 4 rings (SSSR count). The molecule has 7 nitrogen and oxygen atoms in total. The number of H-pyrrole nitrogens is 1. The lowest BCUT2D eigenvalue weighted by Gasteiger charge is -2.31. The average molecular weight is 521 g/mol. The number of fused-ring (bicyclic) bond motifs is 1. The van der Waals surface area contributed by atoms with Crippen LogP contribution in [0.3, 0.4) is 0 Å². The zero-order chi connectivity index (χ0) is 27.0. The summed E-state index contributed by atoms with van der Waals surface area (Å²) in [5.74, 6) is 0.131. The molecule has 0 radical (unpaired) electrons. The first-order chi connectivity index (χ1) is 17.4. The molecule has 3 heterocycles. The summed E-state index contributed by atoms with van der Waals surface area (Å²) in [5, 5.41) is 6.30. The van der Waals surface area contributed by atoms with Crippen LogP contribution < -0.4 is 4.74 Å². The Hall–Kier alpha value is -2.85. The molecule has 0 aliphatic carbocycles. The topological polar surface area (TPSA) is 70.7 Å². The molecule has 2 aliphatic rings. The molecule has 1 fully saturated rings. The van der Waals surface area contributed by atoms with Gasteiger partial charge >= 0.3 is 6.18 Å². The fraction of sp³-hybridized carbons (Fsp3) is 0.556. The predicted molar refractivity (Wildman–Crippen MR) is 134 cm³/mol. The highest BCUT2D eigenvalue weighted by molar-refractivity contribution is 5.97. The molecule has 202 valence electrons. The van der Waals surface area contributed by atoms with Gasteiger partial charge in [0.05, 0.1) is 18.9 Å². The largest absolute Gasteiger partial charge is 0.492 e. The van der Waals surface area contributed by atoms with Crippen molar-refractivity contribution in [3.8, 4) is 5.75 Å². The SMILES string of the molecule is CC1=C(C(C)C)c2c(C(F)(F)F)n[nH]c2C(C)(C)CN1C(=O)c1ccc(OCCN2CCOCC2)cc1. The number of allylic oxidation sites excluding steroid dienone is 2. The van der Waals surface area contributed by atoms with E-state index in [4.69, 9.17) is 9.47 Å². The summed E-state index contributed by atoms with van der Waals surface area (Å²) in [4.78, 5) is 17.6. The molecule has 0 atom stereocenters. The first-order valence-electron chi connectivity index (χ1n) is 12.6. The van der Waals surface area contributed by atoms with Crippen LogP contribution in [-0.2, 0) is 16.3 Å². The van der Waals surface area contributed by atoms with Gasteiger partial charge in [-0.3, -0.25) is 14.8 Å². The highest BCUT2D eigenvalue weighted by Crippen LogP contribution is 2.45. The van der Waals surface area contributed by atoms with Gasteiger partial charge in [-0.05, 0) is 42.7 Å². The quantitative estimate of drug-likeness (QED) is 0.583. The van der Waals surface area contributed by atoms with E-state index in [1.165, 1.54) is 0 Å². The normalized spacial score (nSPS) is 18.7. The number of aromatic amines is 1. The first kappa shape index (κ1) is 27.2. The van der Waals surface area contributed by atoms with Crippen LogP contribution in [0.1, 0.15) is 61.9 Å². The summed E-state index contributed by atoms with van der Waals surface area (Å²) in [6.45, 7) is 13.8. The van der Waals surface area contributed by atoms with E-state index in [1.54, 1.807) is 36.1 Å². The third-order valence-corrected chi connectivity index (χ3v) is 7.03. The Bertz CT molecular complexity index is 1150. The van der Waals surface area contributed by atoms with Crippen molar-refractivity contribution >= 4 is 11.5 Å². The number of carbonyl (C=O) groups excluding carboxylic acids is 1. The summed E-state index contributed by atoms with van der Waals surface area (Å²) in [6, 6.07) is 6.92. The zero-order valence-corrected chi connectivity index (χ0v) is 22.0. The maximum Gasteiger partial charge on any atom is 0.435 e. The molecule has 0 unspecified atom stereocenters. The molecule has 0 spiro atoms. The van der Waals surface area contributed by atoms with E-state index in [9.17, 15) is 18.0 Å². The van der Waals surface area contributed by atoms with E-state index in [1.807, 2.05) is 27.7 Å². The maximum atomic E-state index is 13.9. The van der Waals surface area contributed by atoms with E-state index >= 15 is 0 Å². The lowest BCUT2D eigenvalue weighted by atomic mass is 9.83. The van der Waals surface area contributed by atoms with Crippen molar-refractivity contribution in [2.24, 2.45) is 5.92 Å². The van der Waals surface area contributed by atoms with Crippen LogP contribution in [0.5, 0.6) is 5.75 Å². The first-order valence-corrected chi connectivity index (χ1v) is 12.6. The summed E-state index contributed by atoms with van der Waals surface area (Å²) >= 11 is 0. The molecule has 1 saturated heterocycles. The van der Waals surface area contributed by atoms with Crippen LogP contribution in [-0.4, -0.2) is 71.9 Å². The van der Waals surface area contributed by atoms with Crippen molar-refractivity contribution in [3.63, 3.8) is 0 Å². The van der Waals surface area contributed by atoms with Gasteiger partial charge in [-0.25, -0.2) is 0 Å². The molecule has 0 saturated carbocycles. The predicted octanol–water partition coefficient (Wildman–Crippen LogP) is 4.96. The summed E-state index contributed by atoms with van der Waals surface area (Å²) in [7, 11) is 0. The summed E-state index contributed by atoms with van der Waals surface area (Å²) < 4.78 is 52.9. The van der Waals surface area contributed by atoms with Gasteiger partial charge in [0.1, 0.15) is 12.4 Å². The van der Waals surface area contributed by atoms with Gasteiger partial charge in [0, 0.05) is 48.4 Å². The number of amides is 1. The second kappa shape index (κ2) is 10.5. The maximum absolute atomic E-state index is 13.9. The Balaban J connectivity index is 1.58. The van der Waals surface area contributed by atoms with E-state index in [0.717, 1.165) is 32.8 Å². The van der Waals surface area contributed by atoms with Gasteiger partial charge in [0.25, 0.3) is 5.91 Å². The van der Waals surface area contributed by atoms with Crippen LogP contribution in [0, 0.1) is 5.92 Å². The number of hydrogen-bond acceptors (Lipinski definition) is 5. The lowest BCUT2D eigenvalue weighted by molar-refractivity contribution is -0.141. The van der Waals surface area contributed by atoms with Crippen molar-refractivity contribution in [2.75, 3.05) is 46.0 Å². The van der Waals surface area contributed by atoms with Gasteiger partial charge in [-0.2, -0.15) is 18.3 Å². The van der Waals surface area contributed by atoms with Crippen molar-refractivity contribution in [1.82, 2.24) is 20.0 Å². The number of rotatable bonds is 6. The average Bonchev–Trinajstić information content (AvgIpc) is 3.26. The fourth-order valence-electron chi connectivity index (χ4n) is 5.12. The van der Waals surface area contributed by atoms with Gasteiger partial charge in [0.15, 0.2) is 5.69 Å². The van der Waals surface area contributed by atoms with Crippen LogP contribution >= 0.6 is 0 Å². The number of aromatic nitrogens is 2. The molecular weight excluding hydrogens is 485 g/mol. The van der Waals surface area contributed by atoms with Gasteiger partial charge < -0.3 is 14.4 Å². The standard InChI is InChI=1S/C27H35F3N4O3/c1-17(2)21-18(3)34(16-26(4,5)23-22(21)24(32-31-23)27(28,29)30)25(35)19-6-8-20(9-7-19)37-15-12-33-10-13-36-14-11-33/h6-9,17H,10-16H2,1-5H3,(H,31,32). The molecule has 1 aromatic heterocycles. The Morgan fingerprint density at radius 1 is 1.19 bits per heavy atom. The Morgan fingerprint density at radius 2 is 1.84 bits per heavy atom. The molecule has 2 aromatic rings. The van der Waals surface area contributed by atoms with Gasteiger partial charge in [0.2, 0.25) is 0 Å². The summed E-state index contributed by atoms with van der Waals surface area (Å²) in [5.41, 5.74) is 0.140. The number of nitrogens with zero attached hydrogens (tertiary/aromatic N) is 3. The van der Waals surface area contributed by atoms with E-state index in [2.05, 4.69) is 15.1 Å². The smallest absolute Gasteiger partial charge is 0.435 e. The number of hydrogen-bond donors (Lipinski definition) is 1. The number of halogens is 3. The van der Waals surface area contributed by atoms with Crippen LogP contribution in [0.15, 0.2) is 30.0 Å². The molecule has 0 bridgehead atoms. The van der Waals surface area contributed by atoms with Gasteiger partial charge in [-0.1, -0.05) is 27.7 Å². The van der Waals surface area contributed by atoms with Crippen molar-refractivity contribution in [1.29, 1.82) is 0 Å².